The summed E-state index contributed by atoms with van der Waals surface area (Å²) < 4.78 is 0. The minimum absolute atomic E-state index is 0.558. The molecule has 118 valence electrons. The maximum atomic E-state index is 3.23. The fourth-order valence-corrected chi connectivity index (χ4v) is 1.39. The number of hydrogen-bond donors (Lipinski definition) is 0. The van der Waals surface area contributed by atoms with Crippen molar-refractivity contribution >= 4 is 15.9 Å². The highest BCUT2D eigenvalue weighted by atomic mass is 79.9. The molecule has 24 heavy (non-hydrogen) atoms. The van der Waals surface area contributed by atoms with Crippen LogP contribution < -0.4 is 0 Å². The molecule has 0 aliphatic carbocycles. The van der Waals surface area contributed by atoms with E-state index in [2.05, 4.69) is 98.8 Å². The Bertz CT molecular complexity index is 711. The summed E-state index contributed by atoms with van der Waals surface area (Å²) in [6, 6.07) is 0. The van der Waals surface area contributed by atoms with Gasteiger partial charge in [0.2, 0.25) is 0 Å². The van der Waals surface area contributed by atoms with Crippen LogP contribution in [0.25, 0.3) is 0 Å². The molecule has 0 aromatic rings. The largest absolute Gasteiger partial charge is 0.103 e. The molecular weight excluding hydrogens is 356 g/mol. The van der Waals surface area contributed by atoms with Gasteiger partial charge in [-0.05, 0) is 0 Å². The van der Waals surface area contributed by atoms with Gasteiger partial charge in [-0.25, -0.2) is 0 Å². The van der Waals surface area contributed by atoms with E-state index in [1.54, 1.807) is 0 Å². The van der Waals surface area contributed by atoms with Gasteiger partial charge in [0, 0.05) is 6.42 Å². The van der Waals surface area contributed by atoms with E-state index in [0.717, 1.165) is 6.42 Å². The summed E-state index contributed by atoms with van der Waals surface area (Å²) in [6.07, 6.45) is 4.37. The molecule has 0 heterocycles. The summed E-state index contributed by atoms with van der Waals surface area (Å²) in [5.41, 5.74) is 0. The molecule has 0 saturated heterocycles. The Morgan fingerprint density at radius 1 is 0.417 bits per heavy atom. The highest BCUT2D eigenvalue weighted by molar-refractivity contribution is 9.09. The standard InChI is InChI=1S/C23H19Br/c1-2-3-4-5-6-7-8-9-10-11-12-13-14-15-16-17-18-19-20-21-22-23-24/h2,5,8,11,14,17,20,23H2,1H3. The van der Waals surface area contributed by atoms with Crippen molar-refractivity contribution < 1.29 is 0 Å². The second-order valence-corrected chi connectivity index (χ2v) is 4.58. The minimum Gasteiger partial charge on any atom is -0.103 e. The molecule has 0 rings (SSSR count). The molecule has 1 heteroatoms. The highest BCUT2D eigenvalue weighted by Gasteiger charge is 1.71. The Morgan fingerprint density at radius 3 is 0.917 bits per heavy atom. The molecule has 0 aromatic carbocycles. The second kappa shape index (κ2) is 20.4. The third-order valence-corrected chi connectivity index (χ3v) is 2.46. The van der Waals surface area contributed by atoms with Gasteiger partial charge in [0.25, 0.3) is 0 Å². The van der Waals surface area contributed by atoms with Crippen molar-refractivity contribution in [3.63, 3.8) is 0 Å². The number of hydrogen-bond acceptors (Lipinski definition) is 0. The molecule has 0 amide bonds. The third-order valence-electron chi connectivity index (χ3n) is 2.18. The molecule has 0 aliphatic rings. The summed E-state index contributed by atoms with van der Waals surface area (Å²) in [4.78, 5) is 0. The lowest BCUT2D eigenvalue weighted by Crippen LogP contribution is -1.66. The fourth-order valence-electron chi connectivity index (χ4n) is 1.19. The molecule has 0 fully saturated rings. The summed E-state index contributed by atoms with van der Waals surface area (Å²) in [7, 11) is 0. The van der Waals surface area contributed by atoms with Crippen molar-refractivity contribution in [3.05, 3.63) is 0 Å². The predicted molar refractivity (Wildman–Crippen MR) is 106 cm³/mol. The molecule has 0 nitrogen and oxygen atoms in total. The van der Waals surface area contributed by atoms with Crippen LogP contribution in [0.3, 0.4) is 0 Å². The van der Waals surface area contributed by atoms with Crippen molar-refractivity contribution in [2.75, 3.05) is 5.33 Å². The lowest BCUT2D eigenvalue weighted by atomic mass is 10.3. The monoisotopic (exact) mass is 374 g/mol. The van der Waals surface area contributed by atoms with Crippen LogP contribution in [0.2, 0.25) is 0 Å². The smallest absolute Gasteiger partial charge is 0.0703 e. The van der Waals surface area contributed by atoms with Crippen molar-refractivity contribution in [2.24, 2.45) is 0 Å². The Balaban J connectivity index is 3.76. The lowest BCUT2D eigenvalue weighted by Gasteiger charge is -1.75. The van der Waals surface area contributed by atoms with Crippen LogP contribution >= 0.6 is 15.9 Å². The molecule has 0 atom stereocenters. The van der Waals surface area contributed by atoms with Gasteiger partial charge >= 0.3 is 0 Å². The Morgan fingerprint density at radius 2 is 0.667 bits per heavy atom. The second-order valence-electron chi connectivity index (χ2n) is 4.02. The van der Waals surface area contributed by atoms with Crippen LogP contribution in [0, 0.1) is 82.9 Å². The predicted octanol–water partition coefficient (Wildman–Crippen LogP) is 4.16. The normalized spacial score (nSPS) is 6.58. The number of halogens is 1. The van der Waals surface area contributed by atoms with Crippen molar-refractivity contribution in [2.45, 2.75) is 51.9 Å². The molecule has 0 bridgehead atoms. The van der Waals surface area contributed by atoms with Crippen molar-refractivity contribution in [1.82, 2.24) is 0 Å². The Labute approximate surface area is 156 Å². The van der Waals surface area contributed by atoms with Crippen LogP contribution in [-0.2, 0) is 0 Å². The molecular formula is C23H19Br. The first-order valence-corrected chi connectivity index (χ1v) is 8.80. The Kier molecular flexibility index (Phi) is 18.2. The summed E-state index contributed by atoms with van der Waals surface area (Å²) in [5.74, 6) is 41.4. The SMILES string of the molecule is CCC#CCC#CCC#CCC#CCC#CCC#CCC#CCBr. The number of alkyl halides is 1. The van der Waals surface area contributed by atoms with Crippen LogP contribution in [0.1, 0.15) is 51.9 Å². The van der Waals surface area contributed by atoms with Crippen LogP contribution in [0.15, 0.2) is 0 Å². The van der Waals surface area contributed by atoms with Gasteiger partial charge < -0.3 is 0 Å². The van der Waals surface area contributed by atoms with E-state index >= 15 is 0 Å². The zero-order valence-electron chi connectivity index (χ0n) is 14.0. The van der Waals surface area contributed by atoms with E-state index < -0.39 is 0 Å². The quantitative estimate of drug-likeness (QED) is 0.441. The van der Waals surface area contributed by atoms with Crippen molar-refractivity contribution in [1.29, 1.82) is 0 Å². The molecule has 0 unspecified atom stereocenters. The average molecular weight is 375 g/mol. The first kappa shape index (κ1) is 21.4. The Hall–Kier alpha value is -2.60. The van der Waals surface area contributed by atoms with E-state index in [-0.39, 0.29) is 0 Å². The van der Waals surface area contributed by atoms with Crippen LogP contribution in [0.5, 0.6) is 0 Å². The summed E-state index contributed by atoms with van der Waals surface area (Å²) in [6.45, 7) is 2.02. The minimum atomic E-state index is 0.558. The van der Waals surface area contributed by atoms with Gasteiger partial charge in [-0.2, -0.15) is 0 Å². The maximum absolute atomic E-state index is 3.23. The zero-order valence-corrected chi connectivity index (χ0v) is 15.6. The first-order valence-electron chi connectivity index (χ1n) is 7.67. The first-order chi connectivity index (χ1) is 11.9. The molecule has 0 saturated carbocycles. The number of rotatable bonds is 0. The van der Waals surface area contributed by atoms with E-state index in [1.165, 1.54) is 0 Å². The van der Waals surface area contributed by atoms with Gasteiger partial charge in [-0.15, -0.1) is 5.92 Å². The maximum Gasteiger partial charge on any atom is 0.0703 e. The third kappa shape index (κ3) is 19.4. The van der Waals surface area contributed by atoms with E-state index in [9.17, 15) is 0 Å². The molecule has 0 N–H and O–H groups in total. The van der Waals surface area contributed by atoms with Gasteiger partial charge in [-0.3, -0.25) is 0 Å². The lowest BCUT2D eigenvalue weighted by molar-refractivity contribution is 1.27. The van der Waals surface area contributed by atoms with Crippen LogP contribution in [-0.4, -0.2) is 5.33 Å². The molecule has 0 aliphatic heterocycles. The van der Waals surface area contributed by atoms with Crippen molar-refractivity contribution in [3.8, 4) is 82.9 Å². The molecule has 0 aromatic heterocycles. The molecule has 0 radical (unpaired) electrons. The molecule has 0 spiro atoms. The average Bonchev–Trinajstić information content (AvgIpc) is 2.60. The van der Waals surface area contributed by atoms with Crippen LogP contribution in [0.4, 0.5) is 0 Å². The van der Waals surface area contributed by atoms with E-state index in [4.69, 9.17) is 0 Å². The summed E-state index contributed by atoms with van der Waals surface area (Å²) >= 11 is 3.23. The van der Waals surface area contributed by atoms with Gasteiger partial charge in [-0.1, -0.05) is 99.8 Å². The van der Waals surface area contributed by atoms with E-state index in [1.807, 2.05) is 6.92 Å². The van der Waals surface area contributed by atoms with Gasteiger partial charge in [0.15, 0.2) is 0 Å². The topological polar surface area (TPSA) is 0 Å². The fraction of sp³-hybridized carbons (Fsp3) is 0.391. The summed E-state index contributed by atoms with van der Waals surface area (Å²) in [5, 5.41) is 0.694. The van der Waals surface area contributed by atoms with Gasteiger partial charge in [0.05, 0.1) is 43.9 Å². The van der Waals surface area contributed by atoms with Gasteiger partial charge in [0.1, 0.15) is 0 Å². The zero-order chi connectivity index (χ0) is 17.6. The highest BCUT2D eigenvalue weighted by Crippen LogP contribution is 1.80. The van der Waals surface area contributed by atoms with E-state index in [0.29, 0.717) is 43.9 Å².